The number of methoxy groups -OCH3 is 1. The Morgan fingerprint density at radius 2 is 1.57 bits per heavy atom. The average molecular weight is 409 g/mol. The maximum absolute atomic E-state index is 12.6. The highest BCUT2D eigenvalue weighted by Gasteiger charge is 2.24. The molecule has 2 aromatic carbocycles. The summed E-state index contributed by atoms with van der Waals surface area (Å²) >= 11 is 0. The van der Waals surface area contributed by atoms with Gasteiger partial charge in [0.1, 0.15) is 5.75 Å². The van der Waals surface area contributed by atoms with E-state index in [9.17, 15) is 14.4 Å². The zero-order valence-corrected chi connectivity index (χ0v) is 17.2. The van der Waals surface area contributed by atoms with Gasteiger partial charge in [0.05, 0.1) is 13.5 Å². The van der Waals surface area contributed by atoms with Crippen molar-refractivity contribution in [2.24, 2.45) is 0 Å². The van der Waals surface area contributed by atoms with Crippen molar-refractivity contribution in [2.75, 3.05) is 39.8 Å². The highest BCUT2D eigenvalue weighted by atomic mass is 16.5. The standard InChI is InChI=1S/C23H27N3O4/c1-30-20-9-5-6-18(16-20)17-22(28)26-14-12-25(13-15-26)21(27)10-11-24-23(29)19-7-3-2-4-8-19/h2-9,16H,10-15,17H2,1H3,(H,24,29). The Hall–Kier alpha value is -3.35. The van der Waals surface area contributed by atoms with E-state index in [-0.39, 0.29) is 24.1 Å². The fourth-order valence-corrected chi connectivity index (χ4v) is 3.41. The number of nitrogens with zero attached hydrogens (tertiary/aromatic N) is 2. The third-order valence-electron chi connectivity index (χ3n) is 5.13. The Morgan fingerprint density at radius 1 is 0.900 bits per heavy atom. The van der Waals surface area contributed by atoms with Crippen LogP contribution < -0.4 is 10.1 Å². The van der Waals surface area contributed by atoms with E-state index in [0.29, 0.717) is 44.7 Å². The molecule has 1 saturated heterocycles. The molecular weight excluding hydrogens is 382 g/mol. The van der Waals surface area contributed by atoms with Crippen molar-refractivity contribution in [3.8, 4) is 5.75 Å². The third kappa shape index (κ3) is 5.83. The van der Waals surface area contributed by atoms with E-state index in [4.69, 9.17) is 4.74 Å². The van der Waals surface area contributed by atoms with Gasteiger partial charge >= 0.3 is 0 Å². The lowest BCUT2D eigenvalue weighted by Crippen LogP contribution is -2.51. The van der Waals surface area contributed by atoms with E-state index >= 15 is 0 Å². The number of piperazine rings is 1. The number of hydrogen-bond acceptors (Lipinski definition) is 4. The van der Waals surface area contributed by atoms with Crippen LogP contribution in [0.5, 0.6) is 5.75 Å². The molecular formula is C23H27N3O4. The van der Waals surface area contributed by atoms with Crippen LogP contribution in [-0.4, -0.2) is 67.4 Å². The van der Waals surface area contributed by atoms with Gasteiger partial charge < -0.3 is 19.9 Å². The number of ether oxygens (including phenoxy) is 1. The molecule has 1 heterocycles. The molecule has 0 saturated carbocycles. The fourth-order valence-electron chi connectivity index (χ4n) is 3.41. The molecule has 0 radical (unpaired) electrons. The molecule has 0 unspecified atom stereocenters. The minimum absolute atomic E-state index is 0.0109. The normalized spacial score (nSPS) is 13.6. The van der Waals surface area contributed by atoms with Crippen molar-refractivity contribution in [3.63, 3.8) is 0 Å². The zero-order valence-electron chi connectivity index (χ0n) is 17.2. The first kappa shape index (κ1) is 21.4. The van der Waals surface area contributed by atoms with Gasteiger partial charge in [-0.15, -0.1) is 0 Å². The van der Waals surface area contributed by atoms with E-state index in [1.54, 1.807) is 41.2 Å². The van der Waals surface area contributed by atoms with Crippen molar-refractivity contribution in [1.29, 1.82) is 0 Å². The van der Waals surface area contributed by atoms with Gasteiger partial charge in [0.2, 0.25) is 11.8 Å². The van der Waals surface area contributed by atoms with Gasteiger partial charge in [0.15, 0.2) is 0 Å². The lowest BCUT2D eigenvalue weighted by Gasteiger charge is -2.35. The second-order valence-corrected chi connectivity index (χ2v) is 7.16. The number of nitrogens with one attached hydrogen (secondary N) is 1. The minimum Gasteiger partial charge on any atom is -0.497 e. The largest absolute Gasteiger partial charge is 0.497 e. The van der Waals surface area contributed by atoms with E-state index < -0.39 is 0 Å². The summed E-state index contributed by atoms with van der Waals surface area (Å²) in [6, 6.07) is 16.4. The van der Waals surface area contributed by atoms with Crippen molar-refractivity contribution < 1.29 is 19.1 Å². The van der Waals surface area contributed by atoms with Crippen LogP contribution in [0.2, 0.25) is 0 Å². The molecule has 2 aromatic rings. The number of benzene rings is 2. The monoisotopic (exact) mass is 409 g/mol. The van der Waals surface area contributed by atoms with Gasteiger partial charge in [0, 0.05) is 44.7 Å². The molecule has 0 aromatic heterocycles. The lowest BCUT2D eigenvalue weighted by atomic mass is 10.1. The number of rotatable bonds is 7. The van der Waals surface area contributed by atoms with Gasteiger partial charge in [-0.05, 0) is 29.8 Å². The van der Waals surface area contributed by atoms with Crippen molar-refractivity contribution in [2.45, 2.75) is 12.8 Å². The molecule has 3 amide bonds. The van der Waals surface area contributed by atoms with Crippen LogP contribution in [0.25, 0.3) is 0 Å². The highest BCUT2D eigenvalue weighted by molar-refractivity contribution is 5.94. The van der Waals surface area contributed by atoms with Gasteiger partial charge in [-0.3, -0.25) is 14.4 Å². The first-order valence-electron chi connectivity index (χ1n) is 10.1. The summed E-state index contributed by atoms with van der Waals surface area (Å²) < 4.78 is 5.20. The van der Waals surface area contributed by atoms with Crippen LogP contribution in [0.3, 0.4) is 0 Å². The number of amides is 3. The maximum atomic E-state index is 12.6. The number of hydrogen-bond donors (Lipinski definition) is 1. The summed E-state index contributed by atoms with van der Waals surface area (Å²) in [7, 11) is 1.60. The summed E-state index contributed by atoms with van der Waals surface area (Å²) in [4.78, 5) is 40.5. The van der Waals surface area contributed by atoms with Gasteiger partial charge in [-0.2, -0.15) is 0 Å². The molecule has 0 aliphatic carbocycles. The van der Waals surface area contributed by atoms with Gasteiger partial charge in [0.25, 0.3) is 5.91 Å². The van der Waals surface area contributed by atoms with Crippen LogP contribution >= 0.6 is 0 Å². The van der Waals surface area contributed by atoms with Crippen LogP contribution in [-0.2, 0) is 16.0 Å². The second-order valence-electron chi connectivity index (χ2n) is 7.16. The molecule has 158 valence electrons. The Bertz CT molecular complexity index is 877. The van der Waals surface area contributed by atoms with E-state index in [1.807, 2.05) is 30.3 Å². The van der Waals surface area contributed by atoms with E-state index in [1.165, 1.54) is 0 Å². The SMILES string of the molecule is COc1cccc(CC(=O)N2CCN(C(=O)CCNC(=O)c3ccccc3)CC2)c1. The molecule has 7 heteroatoms. The zero-order chi connectivity index (χ0) is 21.3. The molecule has 1 N–H and O–H groups in total. The molecule has 0 bridgehead atoms. The van der Waals surface area contributed by atoms with Gasteiger partial charge in [-0.1, -0.05) is 30.3 Å². The van der Waals surface area contributed by atoms with Gasteiger partial charge in [-0.25, -0.2) is 0 Å². The lowest BCUT2D eigenvalue weighted by molar-refractivity contribution is -0.139. The molecule has 0 atom stereocenters. The van der Waals surface area contributed by atoms with Crippen molar-refractivity contribution >= 4 is 17.7 Å². The molecule has 1 aliphatic heterocycles. The molecule has 7 nitrogen and oxygen atoms in total. The topological polar surface area (TPSA) is 79.0 Å². The summed E-state index contributed by atoms with van der Waals surface area (Å²) in [5.74, 6) is 0.583. The fraction of sp³-hybridized carbons (Fsp3) is 0.348. The molecule has 3 rings (SSSR count). The summed E-state index contributed by atoms with van der Waals surface area (Å²) in [5.41, 5.74) is 1.49. The summed E-state index contributed by atoms with van der Waals surface area (Å²) in [5, 5.41) is 2.77. The predicted molar refractivity (Wildman–Crippen MR) is 113 cm³/mol. The Kier molecular flexibility index (Phi) is 7.43. The van der Waals surface area contributed by atoms with Crippen LogP contribution in [0, 0.1) is 0 Å². The number of carbonyl (C=O) groups excluding carboxylic acids is 3. The van der Waals surface area contributed by atoms with E-state index in [2.05, 4.69) is 5.32 Å². The molecule has 30 heavy (non-hydrogen) atoms. The van der Waals surface area contributed by atoms with Crippen molar-refractivity contribution in [1.82, 2.24) is 15.1 Å². The van der Waals surface area contributed by atoms with Crippen LogP contribution in [0.15, 0.2) is 54.6 Å². The summed E-state index contributed by atoms with van der Waals surface area (Å²) in [6.07, 6.45) is 0.562. The maximum Gasteiger partial charge on any atom is 0.251 e. The summed E-state index contributed by atoms with van der Waals surface area (Å²) in [6.45, 7) is 2.35. The Labute approximate surface area is 176 Å². The average Bonchev–Trinajstić information content (AvgIpc) is 2.79. The Balaban J connectivity index is 1.39. The minimum atomic E-state index is -0.184. The first-order chi connectivity index (χ1) is 14.6. The first-order valence-corrected chi connectivity index (χ1v) is 10.1. The molecule has 1 fully saturated rings. The quantitative estimate of drug-likeness (QED) is 0.755. The predicted octanol–water partition coefficient (Wildman–Crippen LogP) is 1.73. The number of carbonyl (C=O) groups is 3. The van der Waals surface area contributed by atoms with Crippen LogP contribution in [0.4, 0.5) is 0 Å². The molecule has 1 aliphatic rings. The van der Waals surface area contributed by atoms with Crippen molar-refractivity contribution in [3.05, 3.63) is 65.7 Å². The smallest absolute Gasteiger partial charge is 0.251 e. The Morgan fingerprint density at radius 3 is 2.23 bits per heavy atom. The highest BCUT2D eigenvalue weighted by Crippen LogP contribution is 2.14. The molecule has 0 spiro atoms. The third-order valence-corrected chi connectivity index (χ3v) is 5.13. The van der Waals surface area contributed by atoms with E-state index in [0.717, 1.165) is 11.3 Å². The second kappa shape index (κ2) is 10.4. The van der Waals surface area contributed by atoms with Crippen LogP contribution in [0.1, 0.15) is 22.3 Å².